The summed E-state index contributed by atoms with van der Waals surface area (Å²) in [6.45, 7) is 1.02. The topological polar surface area (TPSA) is 63.7 Å². The van der Waals surface area contributed by atoms with E-state index < -0.39 is 9.84 Å². The number of fused-ring (bicyclic) bond motifs is 1. The van der Waals surface area contributed by atoms with Crippen LogP contribution in [0, 0.1) is 5.92 Å². The number of hydrogen-bond donors (Lipinski definition) is 0. The Morgan fingerprint density at radius 3 is 2.69 bits per heavy atom. The quantitative estimate of drug-likeness (QED) is 0.620. The fraction of sp³-hybridized carbons (Fsp3) is 0.900. The molecule has 2 atom stereocenters. The van der Waals surface area contributed by atoms with Gasteiger partial charge in [0.15, 0.2) is 9.84 Å². The van der Waals surface area contributed by atoms with Crippen molar-refractivity contribution in [3.63, 3.8) is 0 Å². The summed E-state index contributed by atoms with van der Waals surface area (Å²) in [6, 6.07) is -0.230. The Hall–Kier alpha value is -0.620. The van der Waals surface area contributed by atoms with Crippen LogP contribution in [-0.4, -0.2) is 56.0 Å². The molecule has 0 aromatic heterocycles. The number of sulfone groups is 1. The molecule has 2 saturated heterocycles. The van der Waals surface area contributed by atoms with Crippen LogP contribution in [0.3, 0.4) is 0 Å². The first-order valence-electron chi connectivity index (χ1n) is 5.69. The number of morpholine rings is 1. The molecule has 2 unspecified atom stereocenters. The van der Waals surface area contributed by atoms with Gasteiger partial charge in [-0.15, -0.1) is 0 Å². The van der Waals surface area contributed by atoms with Crippen LogP contribution in [0.25, 0.3) is 0 Å². The number of nitrogens with zero attached hydrogens (tertiary/aromatic N) is 1. The van der Waals surface area contributed by atoms with Crippen LogP contribution in [-0.2, 0) is 19.4 Å². The molecule has 2 aliphatic heterocycles. The van der Waals surface area contributed by atoms with Gasteiger partial charge in [-0.2, -0.15) is 0 Å². The largest absolute Gasteiger partial charge is 0.373 e. The SMILES string of the molecule is O=C(C1CC1)N1CCOC2CS(=O)(=O)CC21. The first kappa shape index (κ1) is 10.5. The molecule has 1 aliphatic carbocycles. The standard InChI is InChI=1S/C10H15NO4S/c12-10(7-1-2-7)11-3-4-15-9-6-16(13,14)5-8(9)11/h7-9H,1-6H2. The van der Waals surface area contributed by atoms with E-state index in [0.29, 0.717) is 13.2 Å². The monoisotopic (exact) mass is 245 g/mol. The van der Waals surface area contributed by atoms with Gasteiger partial charge in [-0.25, -0.2) is 8.42 Å². The Bertz CT molecular complexity index is 415. The van der Waals surface area contributed by atoms with Crippen molar-refractivity contribution in [2.24, 2.45) is 5.92 Å². The highest BCUT2D eigenvalue weighted by atomic mass is 32.2. The molecule has 16 heavy (non-hydrogen) atoms. The normalized spacial score (nSPS) is 37.1. The molecule has 1 amide bonds. The third-order valence-electron chi connectivity index (χ3n) is 3.55. The van der Waals surface area contributed by atoms with Crippen molar-refractivity contribution in [2.45, 2.75) is 25.0 Å². The summed E-state index contributed by atoms with van der Waals surface area (Å²) in [7, 11) is -3.02. The molecule has 3 fully saturated rings. The van der Waals surface area contributed by atoms with Crippen molar-refractivity contribution in [1.82, 2.24) is 4.90 Å². The molecular weight excluding hydrogens is 230 g/mol. The summed E-state index contributed by atoms with van der Waals surface area (Å²) >= 11 is 0. The molecule has 3 aliphatic rings. The zero-order valence-corrected chi connectivity index (χ0v) is 9.78. The van der Waals surface area contributed by atoms with E-state index in [2.05, 4.69) is 0 Å². The Morgan fingerprint density at radius 2 is 2.00 bits per heavy atom. The molecule has 5 nitrogen and oxygen atoms in total. The van der Waals surface area contributed by atoms with Crippen LogP contribution >= 0.6 is 0 Å². The maximum Gasteiger partial charge on any atom is 0.226 e. The van der Waals surface area contributed by atoms with E-state index >= 15 is 0 Å². The van der Waals surface area contributed by atoms with Gasteiger partial charge in [-0.3, -0.25) is 4.79 Å². The van der Waals surface area contributed by atoms with Gasteiger partial charge in [-0.1, -0.05) is 0 Å². The third kappa shape index (κ3) is 1.73. The van der Waals surface area contributed by atoms with Crippen molar-refractivity contribution < 1.29 is 17.9 Å². The summed E-state index contributed by atoms with van der Waals surface area (Å²) < 4.78 is 28.5. The molecule has 2 heterocycles. The number of hydrogen-bond acceptors (Lipinski definition) is 4. The second kappa shape index (κ2) is 3.43. The van der Waals surface area contributed by atoms with Gasteiger partial charge in [0, 0.05) is 12.5 Å². The molecular formula is C10H15NO4S. The Balaban J connectivity index is 1.81. The number of carbonyl (C=O) groups is 1. The van der Waals surface area contributed by atoms with Gasteiger partial charge in [-0.05, 0) is 12.8 Å². The highest BCUT2D eigenvalue weighted by Gasteiger charge is 2.47. The molecule has 90 valence electrons. The first-order chi connectivity index (χ1) is 7.57. The lowest BCUT2D eigenvalue weighted by atomic mass is 10.1. The van der Waals surface area contributed by atoms with Crippen molar-refractivity contribution in [3.05, 3.63) is 0 Å². The Morgan fingerprint density at radius 1 is 1.25 bits per heavy atom. The van der Waals surface area contributed by atoms with E-state index in [1.165, 1.54) is 0 Å². The molecule has 0 N–H and O–H groups in total. The predicted molar refractivity (Wildman–Crippen MR) is 56.6 cm³/mol. The lowest BCUT2D eigenvalue weighted by Gasteiger charge is -2.36. The first-order valence-corrected chi connectivity index (χ1v) is 7.51. The van der Waals surface area contributed by atoms with Gasteiger partial charge in [0.25, 0.3) is 0 Å². The van der Waals surface area contributed by atoms with Gasteiger partial charge in [0.2, 0.25) is 5.91 Å². The van der Waals surface area contributed by atoms with Crippen molar-refractivity contribution in [2.75, 3.05) is 24.7 Å². The number of rotatable bonds is 1. The summed E-state index contributed by atoms with van der Waals surface area (Å²) in [6.07, 6.45) is 1.63. The maximum absolute atomic E-state index is 12.0. The van der Waals surface area contributed by atoms with Crippen LogP contribution < -0.4 is 0 Å². The number of ether oxygens (including phenoxy) is 1. The molecule has 0 radical (unpaired) electrons. The molecule has 6 heteroatoms. The second-order valence-corrected chi connectivity index (χ2v) is 7.01. The number of amides is 1. The van der Waals surface area contributed by atoms with Crippen LogP contribution in [0.5, 0.6) is 0 Å². The summed E-state index contributed by atoms with van der Waals surface area (Å²) in [5, 5.41) is 0. The fourth-order valence-corrected chi connectivity index (χ4v) is 4.42. The molecule has 3 rings (SSSR count). The highest BCUT2D eigenvalue weighted by Crippen LogP contribution is 2.34. The van der Waals surface area contributed by atoms with Crippen molar-refractivity contribution in [1.29, 1.82) is 0 Å². The van der Waals surface area contributed by atoms with Gasteiger partial charge >= 0.3 is 0 Å². The minimum Gasteiger partial charge on any atom is -0.373 e. The maximum atomic E-state index is 12.0. The number of carbonyl (C=O) groups excluding carboxylic acids is 1. The van der Waals surface area contributed by atoms with Crippen LogP contribution in [0.15, 0.2) is 0 Å². The molecule has 0 aromatic carbocycles. The van der Waals surface area contributed by atoms with Crippen molar-refractivity contribution >= 4 is 15.7 Å². The van der Waals surface area contributed by atoms with E-state index in [9.17, 15) is 13.2 Å². The summed E-state index contributed by atoms with van der Waals surface area (Å²) in [5.41, 5.74) is 0. The highest BCUT2D eigenvalue weighted by molar-refractivity contribution is 7.91. The zero-order valence-electron chi connectivity index (χ0n) is 8.96. The van der Waals surface area contributed by atoms with Crippen molar-refractivity contribution in [3.8, 4) is 0 Å². The minimum absolute atomic E-state index is 0.0755. The molecule has 0 spiro atoms. The average molecular weight is 245 g/mol. The molecule has 1 saturated carbocycles. The van der Waals surface area contributed by atoms with E-state index in [1.54, 1.807) is 4.90 Å². The van der Waals surface area contributed by atoms with Crippen LogP contribution in [0.2, 0.25) is 0 Å². The Kier molecular flexibility index (Phi) is 2.26. The molecule has 0 bridgehead atoms. The second-order valence-electron chi connectivity index (χ2n) is 4.86. The Labute approximate surface area is 94.7 Å². The molecule has 0 aromatic rings. The zero-order chi connectivity index (χ0) is 11.3. The average Bonchev–Trinajstić information content (AvgIpc) is 2.98. The lowest BCUT2D eigenvalue weighted by molar-refractivity contribution is -0.144. The minimum atomic E-state index is -3.02. The van der Waals surface area contributed by atoms with Gasteiger partial charge in [0.1, 0.15) is 0 Å². The van der Waals surface area contributed by atoms with Gasteiger partial charge in [0.05, 0.1) is 30.3 Å². The smallest absolute Gasteiger partial charge is 0.226 e. The predicted octanol–water partition coefficient (Wildman–Crippen LogP) is -0.579. The van der Waals surface area contributed by atoms with Crippen LogP contribution in [0.4, 0.5) is 0 Å². The van der Waals surface area contributed by atoms with Crippen LogP contribution in [0.1, 0.15) is 12.8 Å². The van der Waals surface area contributed by atoms with E-state index in [0.717, 1.165) is 12.8 Å². The van der Waals surface area contributed by atoms with Gasteiger partial charge < -0.3 is 9.64 Å². The van der Waals surface area contributed by atoms with E-state index in [1.807, 2.05) is 0 Å². The summed E-state index contributed by atoms with van der Waals surface area (Å²) in [5.74, 6) is 0.444. The fourth-order valence-electron chi connectivity index (χ4n) is 2.55. The van der Waals surface area contributed by atoms with E-state index in [4.69, 9.17) is 4.74 Å². The third-order valence-corrected chi connectivity index (χ3v) is 5.23. The van der Waals surface area contributed by atoms with E-state index in [-0.39, 0.29) is 35.5 Å². The summed E-state index contributed by atoms with van der Waals surface area (Å²) in [4.78, 5) is 13.7. The lowest BCUT2D eigenvalue weighted by Crippen LogP contribution is -2.53.